The van der Waals surface area contributed by atoms with Gasteiger partial charge in [-0.1, -0.05) is 13.3 Å². The van der Waals surface area contributed by atoms with E-state index < -0.39 is 0 Å². The molecule has 2 fully saturated rings. The van der Waals surface area contributed by atoms with Crippen LogP contribution in [-0.4, -0.2) is 34.6 Å². The number of unbranched alkanes of at least 4 members (excludes halogenated alkanes) is 1. The monoisotopic (exact) mass is 304 g/mol. The number of carbonyl (C=O) groups excluding carboxylic acids is 1. The Balaban J connectivity index is 1.55. The maximum atomic E-state index is 12.1. The molecule has 0 bridgehead atoms. The third kappa shape index (κ3) is 3.18. The Kier molecular flexibility index (Phi) is 4.23. The zero-order valence-corrected chi connectivity index (χ0v) is 13.4. The van der Waals surface area contributed by atoms with Gasteiger partial charge in [0.15, 0.2) is 0 Å². The molecule has 0 spiro atoms. The fourth-order valence-corrected chi connectivity index (χ4v) is 2.95. The summed E-state index contributed by atoms with van der Waals surface area (Å²) in [5.41, 5.74) is 0.980. The van der Waals surface area contributed by atoms with Gasteiger partial charge in [0, 0.05) is 24.2 Å². The molecule has 1 aromatic rings. The first-order valence-electron chi connectivity index (χ1n) is 8.26. The molecule has 120 valence electrons. The van der Waals surface area contributed by atoms with Gasteiger partial charge in [0.05, 0.1) is 13.1 Å². The van der Waals surface area contributed by atoms with Gasteiger partial charge >= 0.3 is 0 Å². The van der Waals surface area contributed by atoms with E-state index in [-0.39, 0.29) is 17.6 Å². The Morgan fingerprint density at radius 2 is 2.05 bits per heavy atom. The summed E-state index contributed by atoms with van der Waals surface area (Å²) in [4.78, 5) is 25.8. The average molecular weight is 304 g/mol. The summed E-state index contributed by atoms with van der Waals surface area (Å²) in [6.07, 6.45) is 4.81. The first kappa shape index (κ1) is 15.1. The van der Waals surface area contributed by atoms with Gasteiger partial charge in [-0.2, -0.15) is 0 Å². The lowest BCUT2D eigenvalue weighted by atomic mass is 10.1. The van der Waals surface area contributed by atoms with Gasteiger partial charge in [-0.15, -0.1) is 0 Å². The van der Waals surface area contributed by atoms with Crippen molar-refractivity contribution in [2.75, 3.05) is 13.1 Å². The number of aromatic nitrogens is 1. The lowest BCUT2D eigenvalue weighted by molar-refractivity contribution is -0.140. The molecule has 5 heteroatoms. The van der Waals surface area contributed by atoms with Gasteiger partial charge in [0.2, 0.25) is 5.91 Å². The third-order valence-electron chi connectivity index (χ3n) is 4.39. The van der Waals surface area contributed by atoms with Crippen LogP contribution in [0.3, 0.4) is 0 Å². The van der Waals surface area contributed by atoms with Gasteiger partial charge in [-0.25, -0.2) is 0 Å². The van der Waals surface area contributed by atoms with Crippen LogP contribution in [0.4, 0.5) is 0 Å². The minimum Gasteiger partial charge on any atom is -0.486 e. The molecule has 1 aliphatic carbocycles. The fourth-order valence-electron chi connectivity index (χ4n) is 2.95. The minimum absolute atomic E-state index is 0.0150. The van der Waals surface area contributed by atoms with Crippen LogP contribution in [0.1, 0.15) is 50.8 Å². The van der Waals surface area contributed by atoms with E-state index in [0.29, 0.717) is 31.3 Å². The van der Waals surface area contributed by atoms with Gasteiger partial charge < -0.3 is 14.2 Å². The quantitative estimate of drug-likeness (QED) is 0.810. The number of nitrogens with zero attached hydrogens (tertiary/aromatic N) is 2. The number of ether oxygens (including phenoxy) is 1. The Hall–Kier alpha value is -1.78. The number of pyridine rings is 1. The number of carbonyl (C=O) groups is 1. The molecule has 1 aliphatic heterocycles. The van der Waals surface area contributed by atoms with Crippen molar-refractivity contribution >= 4 is 5.91 Å². The molecule has 0 N–H and O–H groups in total. The number of likely N-dealkylation sites (tertiary alicyclic amines) is 1. The fraction of sp³-hybridized carbons (Fsp3) is 0.647. The second-order valence-electron chi connectivity index (χ2n) is 6.41. The van der Waals surface area contributed by atoms with Crippen molar-refractivity contribution in [2.45, 2.75) is 58.1 Å². The van der Waals surface area contributed by atoms with Crippen LogP contribution >= 0.6 is 0 Å². The highest BCUT2D eigenvalue weighted by Gasteiger charge is 2.32. The Labute approximate surface area is 130 Å². The van der Waals surface area contributed by atoms with Crippen molar-refractivity contribution in [3.8, 4) is 5.75 Å². The van der Waals surface area contributed by atoms with Crippen LogP contribution < -0.4 is 10.3 Å². The molecule has 0 unspecified atom stereocenters. The highest BCUT2D eigenvalue weighted by molar-refractivity contribution is 5.77. The maximum Gasteiger partial charge on any atom is 0.254 e. The lowest BCUT2D eigenvalue weighted by Gasteiger charge is -2.39. The van der Waals surface area contributed by atoms with E-state index in [1.54, 1.807) is 6.07 Å². The molecule has 1 amide bonds. The molecular weight excluding hydrogens is 280 g/mol. The van der Waals surface area contributed by atoms with Crippen LogP contribution in [0.5, 0.6) is 5.75 Å². The van der Waals surface area contributed by atoms with Crippen LogP contribution in [0.25, 0.3) is 0 Å². The number of hydrogen-bond acceptors (Lipinski definition) is 3. The first-order chi connectivity index (χ1) is 10.6. The molecule has 0 aromatic carbocycles. The van der Waals surface area contributed by atoms with Crippen molar-refractivity contribution in [1.29, 1.82) is 0 Å². The topological polar surface area (TPSA) is 51.5 Å². The van der Waals surface area contributed by atoms with E-state index in [2.05, 4.69) is 6.92 Å². The van der Waals surface area contributed by atoms with E-state index >= 15 is 0 Å². The SMILES string of the molecule is CCCCC(=O)N1CC(Oc2cc(C)n(C3CC3)c(=O)c2)C1. The predicted molar refractivity (Wildman–Crippen MR) is 84.2 cm³/mol. The molecule has 3 rings (SSSR count). The maximum absolute atomic E-state index is 12.1. The number of rotatable bonds is 6. The summed E-state index contributed by atoms with van der Waals surface area (Å²) in [7, 11) is 0. The number of hydrogen-bond donors (Lipinski definition) is 0. The van der Waals surface area contributed by atoms with Crippen LogP contribution in [0.2, 0.25) is 0 Å². The lowest BCUT2D eigenvalue weighted by Crippen LogP contribution is -2.56. The van der Waals surface area contributed by atoms with E-state index in [1.807, 2.05) is 22.5 Å². The van der Waals surface area contributed by atoms with E-state index in [0.717, 1.165) is 31.4 Å². The molecule has 0 radical (unpaired) electrons. The summed E-state index contributed by atoms with van der Waals surface area (Å²) in [6, 6.07) is 3.89. The largest absolute Gasteiger partial charge is 0.486 e. The summed E-state index contributed by atoms with van der Waals surface area (Å²) < 4.78 is 7.70. The van der Waals surface area contributed by atoms with Gasteiger partial charge in [-0.05, 0) is 32.3 Å². The van der Waals surface area contributed by atoms with Crippen LogP contribution in [-0.2, 0) is 4.79 Å². The Morgan fingerprint density at radius 1 is 1.32 bits per heavy atom. The number of aryl methyl sites for hydroxylation is 1. The summed E-state index contributed by atoms with van der Waals surface area (Å²) in [5, 5.41) is 0. The summed E-state index contributed by atoms with van der Waals surface area (Å²) >= 11 is 0. The van der Waals surface area contributed by atoms with Crippen LogP contribution in [0.15, 0.2) is 16.9 Å². The van der Waals surface area contributed by atoms with Crippen molar-refractivity contribution in [1.82, 2.24) is 9.47 Å². The average Bonchev–Trinajstić information content (AvgIpc) is 3.23. The molecule has 2 aliphatic rings. The molecule has 1 saturated carbocycles. The Bertz CT molecular complexity index is 613. The highest BCUT2D eigenvalue weighted by Crippen LogP contribution is 2.35. The molecule has 5 nitrogen and oxygen atoms in total. The van der Waals surface area contributed by atoms with Crippen molar-refractivity contribution in [2.24, 2.45) is 0 Å². The van der Waals surface area contributed by atoms with Gasteiger partial charge in [-0.3, -0.25) is 9.59 Å². The van der Waals surface area contributed by atoms with E-state index in [9.17, 15) is 9.59 Å². The van der Waals surface area contributed by atoms with Crippen molar-refractivity contribution < 1.29 is 9.53 Å². The predicted octanol–water partition coefficient (Wildman–Crippen LogP) is 2.27. The van der Waals surface area contributed by atoms with E-state index in [1.165, 1.54) is 0 Å². The molecule has 0 atom stereocenters. The molecule has 1 saturated heterocycles. The van der Waals surface area contributed by atoms with Crippen molar-refractivity contribution in [3.63, 3.8) is 0 Å². The Morgan fingerprint density at radius 3 is 2.64 bits per heavy atom. The normalized spacial score (nSPS) is 18.2. The van der Waals surface area contributed by atoms with Crippen molar-refractivity contribution in [3.05, 3.63) is 28.2 Å². The standard InChI is InChI=1S/C17H24N2O3/c1-3-4-5-16(20)18-10-15(11-18)22-14-8-12(2)19(13-6-7-13)17(21)9-14/h8-9,13,15H,3-7,10-11H2,1-2H3. The summed E-state index contributed by atoms with van der Waals surface area (Å²) in [6.45, 7) is 5.30. The zero-order chi connectivity index (χ0) is 15.7. The molecule has 1 aromatic heterocycles. The van der Waals surface area contributed by atoms with Gasteiger partial charge in [0.25, 0.3) is 5.56 Å². The van der Waals surface area contributed by atoms with E-state index in [4.69, 9.17) is 4.74 Å². The first-order valence-corrected chi connectivity index (χ1v) is 8.26. The highest BCUT2D eigenvalue weighted by atomic mass is 16.5. The third-order valence-corrected chi connectivity index (χ3v) is 4.39. The van der Waals surface area contributed by atoms with Gasteiger partial charge in [0.1, 0.15) is 11.9 Å². The molecular formula is C17H24N2O3. The summed E-state index contributed by atoms with van der Waals surface area (Å²) in [5.74, 6) is 0.840. The second kappa shape index (κ2) is 6.15. The van der Waals surface area contributed by atoms with Crippen LogP contribution in [0, 0.1) is 6.92 Å². The molecule has 2 heterocycles. The molecule has 22 heavy (non-hydrogen) atoms. The smallest absolute Gasteiger partial charge is 0.254 e. The second-order valence-corrected chi connectivity index (χ2v) is 6.41. The number of amides is 1. The zero-order valence-electron chi connectivity index (χ0n) is 13.4. The minimum atomic E-state index is 0.0150.